The molecule has 2 aliphatic rings. The minimum Gasteiger partial charge on any atom is -0.378 e. The van der Waals surface area contributed by atoms with Gasteiger partial charge in [0, 0.05) is 25.7 Å². The van der Waals surface area contributed by atoms with Crippen molar-refractivity contribution >= 4 is 22.8 Å². The Kier molecular flexibility index (Phi) is 9.89. The summed E-state index contributed by atoms with van der Waals surface area (Å²) in [5, 5.41) is 5.37. The van der Waals surface area contributed by atoms with E-state index in [9.17, 15) is 22.0 Å². The summed E-state index contributed by atoms with van der Waals surface area (Å²) < 4.78 is 67.8. The fourth-order valence-corrected chi connectivity index (χ4v) is 4.83. The van der Waals surface area contributed by atoms with Crippen LogP contribution in [0.3, 0.4) is 0 Å². The normalized spacial score (nSPS) is 16.8. The number of morpholine rings is 1. The van der Waals surface area contributed by atoms with E-state index in [2.05, 4.69) is 20.2 Å². The molecule has 1 saturated carbocycles. The Hall–Kier alpha value is -3.06. The van der Waals surface area contributed by atoms with Crippen molar-refractivity contribution in [1.82, 2.24) is 24.8 Å². The van der Waals surface area contributed by atoms with Gasteiger partial charge in [0.05, 0.1) is 30.8 Å². The highest BCUT2D eigenvalue weighted by atomic mass is 19.4. The van der Waals surface area contributed by atoms with E-state index in [0.717, 1.165) is 6.54 Å². The van der Waals surface area contributed by atoms with Gasteiger partial charge < -0.3 is 20.3 Å². The Morgan fingerprint density at radius 2 is 1.69 bits per heavy atom. The molecule has 2 fully saturated rings. The van der Waals surface area contributed by atoms with Crippen molar-refractivity contribution in [2.24, 2.45) is 5.92 Å². The molecule has 1 saturated heterocycles. The van der Waals surface area contributed by atoms with Crippen molar-refractivity contribution in [2.45, 2.75) is 44.7 Å². The van der Waals surface area contributed by atoms with E-state index >= 15 is 0 Å². The van der Waals surface area contributed by atoms with Gasteiger partial charge in [-0.25, -0.2) is 13.8 Å². The van der Waals surface area contributed by atoms with Gasteiger partial charge in [0.15, 0.2) is 5.82 Å². The first kappa shape index (κ1) is 28.9. The highest BCUT2D eigenvalue weighted by molar-refractivity contribution is 5.78. The molecule has 0 spiro atoms. The molecule has 0 atom stereocenters. The fourth-order valence-electron chi connectivity index (χ4n) is 4.83. The van der Waals surface area contributed by atoms with E-state index in [1.54, 1.807) is 24.3 Å². The minimum absolute atomic E-state index is 0.309. The second kappa shape index (κ2) is 13.3. The second-order valence-corrected chi connectivity index (χ2v) is 9.63. The minimum atomic E-state index is -4.06. The Morgan fingerprint density at radius 3 is 2.33 bits per heavy atom. The van der Waals surface area contributed by atoms with Gasteiger partial charge in [-0.2, -0.15) is 23.1 Å². The maximum Gasteiger partial charge on any atom is 0.401 e. The molecule has 5 rings (SSSR count). The van der Waals surface area contributed by atoms with Gasteiger partial charge in [-0.3, -0.25) is 4.57 Å². The number of rotatable bonds is 7. The quantitative estimate of drug-likeness (QED) is 0.381. The fraction of sp³-hybridized carbons (Fsp3) is 0.577. The molecule has 8 nitrogen and oxygen atoms in total. The van der Waals surface area contributed by atoms with Crippen molar-refractivity contribution in [3.8, 4) is 5.82 Å². The molecule has 39 heavy (non-hydrogen) atoms. The number of imidazole rings is 1. The zero-order chi connectivity index (χ0) is 27.8. The summed E-state index contributed by atoms with van der Waals surface area (Å²) in [5.74, 6) is 1.86. The molecule has 2 aromatic heterocycles. The van der Waals surface area contributed by atoms with E-state index in [4.69, 9.17) is 9.72 Å². The SMILES string of the molecule is CNCC(F)(F)F.FC(F)c1nc2ccccc2n1-c1cc(N2CCOCC2)nc(NCC2CCCCC2)n1. The van der Waals surface area contributed by atoms with Crippen LogP contribution in [0.5, 0.6) is 0 Å². The average molecular weight is 556 g/mol. The number of hydrogen-bond acceptors (Lipinski definition) is 7. The third-order valence-corrected chi connectivity index (χ3v) is 6.70. The summed E-state index contributed by atoms with van der Waals surface area (Å²) in [5.41, 5.74) is 1.12. The first-order valence-corrected chi connectivity index (χ1v) is 13.2. The molecule has 3 heterocycles. The lowest BCUT2D eigenvalue weighted by molar-refractivity contribution is -0.123. The second-order valence-electron chi connectivity index (χ2n) is 9.63. The molecular weight excluding hydrogens is 521 g/mol. The van der Waals surface area contributed by atoms with Crippen LogP contribution in [0.4, 0.5) is 33.7 Å². The van der Waals surface area contributed by atoms with Crippen molar-refractivity contribution in [2.75, 3.05) is 56.7 Å². The number of halogens is 5. The predicted molar refractivity (Wildman–Crippen MR) is 140 cm³/mol. The topological polar surface area (TPSA) is 80.1 Å². The van der Waals surface area contributed by atoms with Gasteiger partial charge in [-0.15, -0.1) is 0 Å². The number of fused-ring (bicyclic) bond motifs is 1. The van der Waals surface area contributed by atoms with E-state index in [1.807, 2.05) is 11.4 Å². The lowest BCUT2D eigenvalue weighted by Gasteiger charge is -2.28. The number of alkyl halides is 5. The number of hydrogen-bond donors (Lipinski definition) is 2. The molecule has 0 bridgehead atoms. The van der Waals surface area contributed by atoms with Gasteiger partial charge in [0.1, 0.15) is 11.6 Å². The lowest BCUT2D eigenvalue weighted by Crippen LogP contribution is -2.37. The van der Waals surface area contributed by atoms with Gasteiger partial charge in [-0.05, 0) is 37.9 Å². The number of benzene rings is 1. The predicted octanol–water partition coefficient (Wildman–Crippen LogP) is 5.35. The van der Waals surface area contributed by atoms with Crippen molar-refractivity contribution in [1.29, 1.82) is 0 Å². The molecular formula is C26H34F5N7O. The van der Waals surface area contributed by atoms with Gasteiger partial charge >= 0.3 is 6.18 Å². The summed E-state index contributed by atoms with van der Waals surface area (Å²) in [6.45, 7) is 2.50. The van der Waals surface area contributed by atoms with Crippen LogP contribution >= 0.6 is 0 Å². The molecule has 1 aliphatic carbocycles. The van der Waals surface area contributed by atoms with Crippen LogP contribution < -0.4 is 15.5 Å². The number of ether oxygens (including phenoxy) is 1. The van der Waals surface area contributed by atoms with Crippen LogP contribution in [0.25, 0.3) is 16.9 Å². The first-order chi connectivity index (χ1) is 18.7. The summed E-state index contributed by atoms with van der Waals surface area (Å²) in [6.07, 6.45) is -0.573. The highest BCUT2D eigenvalue weighted by Gasteiger charge is 2.25. The molecule has 214 valence electrons. The number of nitrogens with one attached hydrogen (secondary N) is 2. The number of anilines is 2. The molecule has 0 amide bonds. The third-order valence-electron chi connectivity index (χ3n) is 6.70. The van der Waals surface area contributed by atoms with Crippen LogP contribution in [-0.2, 0) is 4.74 Å². The summed E-state index contributed by atoms with van der Waals surface area (Å²) in [4.78, 5) is 15.7. The van der Waals surface area contributed by atoms with Crippen LogP contribution in [0.2, 0.25) is 0 Å². The van der Waals surface area contributed by atoms with Crippen LogP contribution in [0.15, 0.2) is 30.3 Å². The lowest BCUT2D eigenvalue weighted by atomic mass is 9.89. The number of nitrogens with zero attached hydrogens (tertiary/aromatic N) is 5. The zero-order valence-corrected chi connectivity index (χ0v) is 21.9. The van der Waals surface area contributed by atoms with Crippen LogP contribution in [0.1, 0.15) is 44.4 Å². The maximum absolute atomic E-state index is 13.9. The Bertz CT molecular complexity index is 1190. The maximum atomic E-state index is 13.9. The van der Waals surface area contributed by atoms with E-state index in [-0.39, 0.29) is 5.82 Å². The molecule has 0 unspecified atom stereocenters. The Balaban J connectivity index is 0.000000448. The van der Waals surface area contributed by atoms with Gasteiger partial charge in [0.25, 0.3) is 6.43 Å². The Labute approximate surface area is 224 Å². The van der Waals surface area contributed by atoms with E-state index in [0.29, 0.717) is 60.8 Å². The number of aromatic nitrogens is 4. The van der Waals surface area contributed by atoms with E-state index in [1.165, 1.54) is 43.7 Å². The standard InChI is InChI=1S/C23H28F2N6O.C3H6F3N/c24-21(25)22-27-17-8-4-5-9-18(17)31(22)20-14-19(30-10-12-32-13-11-30)28-23(29-20)26-15-16-6-2-1-3-7-16;1-7-2-3(4,5)6/h4-5,8-9,14,16,21H,1-3,6-7,10-13,15H2,(H,26,28,29);7H,2H2,1H3. The molecule has 3 aromatic rings. The van der Waals surface area contributed by atoms with Crippen LogP contribution in [-0.4, -0.2) is 72.1 Å². The van der Waals surface area contributed by atoms with Crippen LogP contribution in [0, 0.1) is 5.92 Å². The monoisotopic (exact) mass is 555 g/mol. The largest absolute Gasteiger partial charge is 0.401 e. The average Bonchev–Trinajstić information content (AvgIpc) is 3.33. The number of para-hydroxylation sites is 2. The zero-order valence-electron chi connectivity index (χ0n) is 21.9. The highest BCUT2D eigenvalue weighted by Crippen LogP contribution is 2.30. The Morgan fingerprint density at radius 1 is 1.00 bits per heavy atom. The van der Waals surface area contributed by atoms with Crippen molar-refractivity contribution < 1.29 is 26.7 Å². The summed E-state index contributed by atoms with van der Waals surface area (Å²) in [6, 6.07) is 8.92. The smallest absolute Gasteiger partial charge is 0.378 e. The molecule has 1 aliphatic heterocycles. The molecule has 13 heteroatoms. The third kappa shape index (κ3) is 7.98. The summed E-state index contributed by atoms with van der Waals surface area (Å²) >= 11 is 0. The first-order valence-electron chi connectivity index (χ1n) is 13.2. The van der Waals surface area contributed by atoms with Gasteiger partial charge in [-0.1, -0.05) is 31.4 Å². The molecule has 1 aromatic carbocycles. The van der Waals surface area contributed by atoms with E-state index < -0.39 is 19.1 Å². The molecule has 2 N–H and O–H groups in total. The summed E-state index contributed by atoms with van der Waals surface area (Å²) in [7, 11) is 1.26. The van der Waals surface area contributed by atoms with Crippen molar-refractivity contribution in [3.63, 3.8) is 0 Å². The van der Waals surface area contributed by atoms with Gasteiger partial charge in [0.2, 0.25) is 5.95 Å². The molecule has 0 radical (unpaired) electrons. The van der Waals surface area contributed by atoms with Crippen molar-refractivity contribution in [3.05, 3.63) is 36.2 Å².